The number of nitrogens with one attached hydrogen (secondary N) is 1. The second-order valence-corrected chi connectivity index (χ2v) is 6.18. The van der Waals surface area contributed by atoms with Crippen LogP contribution in [0, 0.1) is 16.7 Å². The predicted molar refractivity (Wildman–Crippen MR) is 76.4 cm³/mol. The van der Waals surface area contributed by atoms with E-state index in [1.165, 1.54) is 12.0 Å². The second-order valence-electron chi connectivity index (χ2n) is 6.18. The van der Waals surface area contributed by atoms with Gasteiger partial charge in [0, 0.05) is 0 Å². The van der Waals surface area contributed by atoms with Gasteiger partial charge in [-0.3, -0.25) is 0 Å². The quantitative estimate of drug-likeness (QED) is 0.458. The zero-order chi connectivity index (χ0) is 13.2. The summed E-state index contributed by atoms with van der Waals surface area (Å²) in [7, 11) is 0. The Balaban J connectivity index is 0. The summed E-state index contributed by atoms with van der Waals surface area (Å²) in [6.45, 7) is 16.8. The lowest BCUT2D eigenvalue weighted by molar-refractivity contribution is 0.469. The summed E-state index contributed by atoms with van der Waals surface area (Å²) in [5.41, 5.74) is 1.75. The molecule has 0 aromatic carbocycles. The highest BCUT2D eigenvalue weighted by atomic mass is 14.3. The van der Waals surface area contributed by atoms with Crippen LogP contribution >= 0.6 is 0 Å². The zero-order valence-electron chi connectivity index (χ0n) is 12.2. The van der Waals surface area contributed by atoms with E-state index in [0.29, 0.717) is 11.3 Å². The monoisotopic (exact) mass is 225 g/mol. The van der Waals surface area contributed by atoms with Crippen molar-refractivity contribution in [3.63, 3.8) is 0 Å². The van der Waals surface area contributed by atoms with Crippen molar-refractivity contribution >= 4 is 6.21 Å². The van der Waals surface area contributed by atoms with E-state index in [1.807, 2.05) is 0 Å². The summed E-state index contributed by atoms with van der Waals surface area (Å²) in [6, 6.07) is 0. The fourth-order valence-electron chi connectivity index (χ4n) is 1.07. The maximum atomic E-state index is 7.10. The summed E-state index contributed by atoms with van der Waals surface area (Å²) < 4.78 is 0. The molecule has 1 heteroatoms. The Labute approximate surface area is 103 Å². The molecule has 0 fully saturated rings. The first-order valence-electron chi connectivity index (χ1n) is 6.35. The molecule has 1 unspecified atom stereocenters. The average molecular weight is 225 g/mol. The van der Waals surface area contributed by atoms with Crippen LogP contribution in [0.4, 0.5) is 0 Å². The second kappa shape index (κ2) is 9.62. The average Bonchev–Trinajstić information content (AvgIpc) is 2.09. The van der Waals surface area contributed by atoms with Crippen LogP contribution in [0.1, 0.15) is 67.2 Å². The molecule has 1 atom stereocenters. The van der Waals surface area contributed by atoms with E-state index in [-0.39, 0.29) is 0 Å². The molecule has 0 aromatic rings. The smallest absolute Gasteiger partial charge is 0.00168 e. The van der Waals surface area contributed by atoms with Gasteiger partial charge in [-0.1, -0.05) is 40.2 Å². The molecular weight excluding hydrogens is 194 g/mol. The van der Waals surface area contributed by atoms with Gasteiger partial charge in [-0.25, -0.2) is 0 Å². The van der Waals surface area contributed by atoms with Crippen molar-refractivity contribution in [2.45, 2.75) is 67.2 Å². The van der Waals surface area contributed by atoms with Crippen LogP contribution in [0.2, 0.25) is 0 Å². The maximum absolute atomic E-state index is 7.10. The lowest BCUT2D eigenvalue weighted by atomic mass is 9.99. The summed E-state index contributed by atoms with van der Waals surface area (Å²) in [5, 5.41) is 7.10. The first kappa shape index (κ1) is 17.8. The largest absolute Gasteiger partial charge is 0.313 e. The van der Waals surface area contributed by atoms with E-state index in [2.05, 4.69) is 48.1 Å². The fourth-order valence-corrected chi connectivity index (χ4v) is 1.07. The molecule has 16 heavy (non-hydrogen) atoms. The molecule has 0 aliphatic carbocycles. The molecule has 1 nitrogen and oxygen atoms in total. The number of hydrogen-bond donors (Lipinski definition) is 1. The van der Waals surface area contributed by atoms with Crippen LogP contribution in [-0.4, -0.2) is 6.21 Å². The molecule has 0 rings (SSSR count). The standard InChI is InChI=1S/C10H19N.C5H12/c1-4-10(8-11)7-5-6-9(2)3;1-5(2,3)4/h8,10-11H,2,4-7H2,1,3H3;1-4H3. The number of rotatable bonds is 6. The molecule has 0 aliphatic rings. The van der Waals surface area contributed by atoms with Crippen molar-refractivity contribution < 1.29 is 0 Å². The van der Waals surface area contributed by atoms with Crippen LogP contribution in [0.15, 0.2) is 12.2 Å². The molecule has 0 heterocycles. The third-order valence-electron chi connectivity index (χ3n) is 1.94. The zero-order valence-corrected chi connectivity index (χ0v) is 12.2. The molecule has 0 amide bonds. The van der Waals surface area contributed by atoms with Gasteiger partial charge in [-0.05, 0) is 50.2 Å². The van der Waals surface area contributed by atoms with Gasteiger partial charge in [-0.2, -0.15) is 0 Å². The van der Waals surface area contributed by atoms with Gasteiger partial charge < -0.3 is 5.41 Å². The topological polar surface area (TPSA) is 23.9 Å². The Hall–Kier alpha value is -0.590. The van der Waals surface area contributed by atoms with Crippen molar-refractivity contribution in [1.29, 1.82) is 5.41 Å². The van der Waals surface area contributed by atoms with Gasteiger partial charge in [-0.15, -0.1) is 6.58 Å². The lowest BCUT2D eigenvalue weighted by Gasteiger charge is -2.07. The molecule has 0 aromatic heterocycles. The molecule has 96 valence electrons. The SMILES string of the molecule is C=C(C)CCCC(C=N)CC.CC(C)(C)C. The molecule has 0 saturated carbocycles. The molecule has 0 radical (unpaired) electrons. The highest BCUT2D eigenvalue weighted by Crippen LogP contribution is 2.12. The Morgan fingerprint density at radius 1 is 1.31 bits per heavy atom. The Morgan fingerprint density at radius 2 is 1.75 bits per heavy atom. The van der Waals surface area contributed by atoms with E-state index < -0.39 is 0 Å². The third-order valence-corrected chi connectivity index (χ3v) is 1.94. The van der Waals surface area contributed by atoms with E-state index >= 15 is 0 Å². The first-order chi connectivity index (χ1) is 7.20. The molecular formula is C15H31N. The highest BCUT2D eigenvalue weighted by Gasteiger charge is 2.00. The van der Waals surface area contributed by atoms with Gasteiger partial charge in [0.25, 0.3) is 0 Å². The molecule has 0 aliphatic heterocycles. The van der Waals surface area contributed by atoms with Crippen LogP contribution in [0.5, 0.6) is 0 Å². The van der Waals surface area contributed by atoms with Gasteiger partial charge in [0.1, 0.15) is 0 Å². The molecule has 1 N–H and O–H groups in total. The lowest BCUT2D eigenvalue weighted by Crippen LogP contribution is -1.98. The van der Waals surface area contributed by atoms with Gasteiger partial charge in [0.05, 0.1) is 0 Å². The maximum Gasteiger partial charge on any atom is -0.00168 e. The summed E-state index contributed by atoms with van der Waals surface area (Å²) in [6.07, 6.45) is 6.11. The molecule has 0 bridgehead atoms. The molecule has 0 spiro atoms. The van der Waals surface area contributed by atoms with E-state index in [1.54, 1.807) is 6.21 Å². The van der Waals surface area contributed by atoms with Gasteiger partial charge >= 0.3 is 0 Å². The summed E-state index contributed by atoms with van der Waals surface area (Å²) in [4.78, 5) is 0. The minimum Gasteiger partial charge on any atom is -0.313 e. The van der Waals surface area contributed by atoms with Crippen molar-refractivity contribution in [3.05, 3.63) is 12.2 Å². The van der Waals surface area contributed by atoms with E-state index in [4.69, 9.17) is 5.41 Å². The van der Waals surface area contributed by atoms with Crippen molar-refractivity contribution in [1.82, 2.24) is 0 Å². The van der Waals surface area contributed by atoms with Crippen LogP contribution < -0.4 is 0 Å². The Kier molecular flexibility index (Phi) is 10.7. The summed E-state index contributed by atoms with van der Waals surface area (Å²) >= 11 is 0. The van der Waals surface area contributed by atoms with Crippen molar-refractivity contribution in [2.75, 3.05) is 0 Å². The minimum atomic E-state index is 0.495. The Bertz CT molecular complexity index is 180. The van der Waals surface area contributed by atoms with Crippen LogP contribution in [-0.2, 0) is 0 Å². The number of allylic oxidation sites excluding steroid dienone is 1. The minimum absolute atomic E-state index is 0.495. The summed E-state index contributed by atoms with van der Waals surface area (Å²) in [5.74, 6) is 0.495. The normalized spacial score (nSPS) is 12.4. The van der Waals surface area contributed by atoms with Crippen LogP contribution in [0.3, 0.4) is 0 Å². The first-order valence-corrected chi connectivity index (χ1v) is 6.35. The van der Waals surface area contributed by atoms with Crippen molar-refractivity contribution in [3.8, 4) is 0 Å². The van der Waals surface area contributed by atoms with Crippen molar-refractivity contribution in [2.24, 2.45) is 11.3 Å². The Morgan fingerprint density at radius 3 is 2.00 bits per heavy atom. The highest BCUT2D eigenvalue weighted by molar-refractivity contribution is 5.56. The predicted octanol–water partition coefficient (Wildman–Crippen LogP) is 5.46. The van der Waals surface area contributed by atoms with Crippen LogP contribution in [0.25, 0.3) is 0 Å². The molecule has 0 saturated heterocycles. The number of hydrogen-bond acceptors (Lipinski definition) is 1. The van der Waals surface area contributed by atoms with Gasteiger partial charge in [0.15, 0.2) is 0 Å². The van der Waals surface area contributed by atoms with E-state index in [9.17, 15) is 0 Å². The fraction of sp³-hybridized carbons (Fsp3) is 0.800. The van der Waals surface area contributed by atoms with Gasteiger partial charge in [0.2, 0.25) is 0 Å². The third kappa shape index (κ3) is 23.3. The van der Waals surface area contributed by atoms with E-state index in [0.717, 1.165) is 19.3 Å².